The second kappa shape index (κ2) is 5.38. The summed E-state index contributed by atoms with van der Waals surface area (Å²) >= 11 is 0. The van der Waals surface area contributed by atoms with Gasteiger partial charge in [0.15, 0.2) is 0 Å². The zero-order chi connectivity index (χ0) is 13.9. The van der Waals surface area contributed by atoms with Gasteiger partial charge in [-0.1, -0.05) is 6.42 Å². The minimum absolute atomic E-state index is 0.422. The number of hydrogen-bond acceptors (Lipinski definition) is 4. The van der Waals surface area contributed by atoms with Gasteiger partial charge < -0.3 is 19.9 Å². The Balaban J connectivity index is 2.09. The number of nitrogens with one attached hydrogen (secondary N) is 1. The highest BCUT2D eigenvalue weighted by Crippen LogP contribution is 2.42. The maximum absolute atomic E-state index is 11.3. The first kappa shape index (κ1) is 13.5. The molecule has 0 radical (unpaired) electrons. The van der Waals surface area contributed by atoms with Crippen molar-refractivity contribution in [3.8, 4) is 11.5 Å². The Morgan fingerprint density at radius 1 is 1.37 bits per heavy atom. The standard InChI is InChI=1S/C14H19NO4/c1-18-10-4-5-11(12(8-10)19-2)15-9-14(13(16)17)6-3-7-14/h4-5,8,15H,3,6-7,9H2,1-2H3,(H,16,17). The molecule has 1 fully saturated rings. The lowest BCUT2D eigenvalue weighted by atomic mass is 9.69. The zero-order valence-electron chi connectivity index (χ0n) is 11.2. The van der Waals surface area contributed by atoms with Crippen molar-refractivity contribution < 1.29 is 19.4 Å². The van der Waals surface area contributed by atoms with Crippen LogP contribution in [0.3, 0.4) is 0 Å². The van der Waals surface area contributed by atoms with Crippen molar-refractivity contribution in [2.45, 2.75) is 19.3 Å². The quantitative estimate of drug-likeness (QED) is 0.826. The Bertz CT molecular complexity index is 469. The second-order valence-corrected chi connectivity index (χ2v) is 4.86. The molecule has 104 valence electrons. The van der Waals surface area contributed by atoms with E-state index in [4.69, 9.17) is 9.47 Å². The van der Waals surface area contributed by atoms with Crippen molar-refractivity contribution in [3.63, 3.8) is 0 Å². The molecule has 1 aliphatic carbocycles. The molecule has 0 aliphatic heterocycles. The maximum atomic E-state index is 11.3. The van der Waals surface area contributed by atoms with Crippen LogP contribution >= 0.6 is 0 Å². The van der Waals surface area contributed by atoms with Crippen LogP contribution in [0.25, 0.3) is 0 Å². The van der Waals surface area contributed by atoms with E-state index in [1.165, 1.54) is 0 Å². The van der Waals surface area contributed by atoms with Gasteiger partial charge in [0, 0.05) is 12.6 Å². The van der Waals surface area contributed by atoms with Crippen LogP contribution < -0.4 is 14.8 Å². The summed E-state index contributed by atoms with van der Waals surface area (Å²) in [4.78, 5) is 11.3. The van der Waals surface area contributed by atoms with Crippen LogP contribution in [-0.2, 0) is 4.79 Å². The number of benzene rings is 1. The van der Waals surface area contributed by atoms with Crippen molar-refractivity contribution in [2.24, 2.45) is 5.41 Å². The van der Waals surface area contributed by atoms with Crippen LogP contribution in [0.2, 0.25) is 0 Å². The summed E-state index contributed by atoms with van der Waals surface area (Å²) in [6.45, 7) is 0.422. The number of methoxy groups -OCH3 is 2. The zero-order valence-corrected chi connectivity index (χ0v) is 11.2. The van der Waals surface area contributed by atoms with Gasteiger partial charge in [-0.3, -0.25) is 4.79 Å². The summed E-state index contributed by atoms with van der Waals surface area (Å²) in [5.41, 5.74) is 0.168. The Morgan fingerprint density at radius 2 is 2.11 bits per heavy atom. The van der Waals surface area contributed by atoms with Crippen molar-refractivity contribution in [1.29, 1.82) is 0 Å². The van der Waals surface area contributed by atoms with E-state index in [9.17, 15) is 9.90 Å². The highest BCUT2D eigenvalue weighted by Gasteiger charge is 2.44. The summed E-state index contributed by atoms with van der Waals surface area (Å²) < 4.78 is 10.4. The summed E-state index contributed by atoms with van der Waals surface area (Å²) in [7, 11) is 3.17. The van der Waals surface area contributed by atoms with Crippen LogP contribution in [-0.4, -0.2) is 31.8 Å². The molecular formula is C14H19NO4. The van der Waals surface area contributed by atoms with E-state index in [0.29, 0.717) is 18.0 Å². The van der Waals surface area contributed by atoms with Gasteiger partial charge in [-0.05, 0) is 25.0 Å². The predicted molar refractivity (Wildman–Crippen MR) is 72.0 cm³/mol. The van der Waals surface area contributed by atoms with Crippen molar-refractivity contribution >= 4 is 11.7 Å². The van der Waals surface area contributed by atoms with Gasteiger partial charge in [-0.15, -0.1) is 0 Å². The molecule has 1 aromatic carbocycles. The highest BCUT2D eigenvalue weighted by atomic mass is 16.5. The highest BCUT2D eigenvalue weighted by molar-refractivity contribution is 5.77. The first-order valence-corrected chi connectivity index (χ1v) is 6.30. The Morgan fingerprint density at radius 3 is 2.58 bits per heavy atom. The molecular weight excluding hydrogens is 246 g/mol. The molecule has 0 spiro atoms. The second-order valence-electron chi connectivity index (χ2n) is 4.86. The number of carboxylic acid groups (broad SMARTS) is 1. The Hall–Kier alpha value is -1.91. The minimum atomic E-state index is -0.723. The molecule has 1 aromatic rings. The number of anilines is 1. The first-order chi connectivity index (χ1) is 9.11. The van der Waals surface area contributed by atoms with E-state index in [1.54, 1.807) is 20.3 Å². The minimum Gasteiger partial charge on any atom is -0.497 e. The third-order valence-corrected chi connectivity index (χ3v) is 3.79. The van der Waals surface area contributed by atoms with Gasteiger partial charge in [0.25, 0.3) is 0 Å². The molecule has 0 amide bonds. The third-order valence-electron chi connectivity index (χ3n) is 3.79. The molecule has 1 aliphatic rings. The van der Waals surface area contributed by atoms with E-state index in [0.717, 1.165) is 24.9 Å². The van der Waals surface area contributed by atoms with E-state index in [1.807, 2.05) is 12.1 Å². The van der Waals surface area contributed by atoms with Crippen LogP contribution in [0.5, 0.6) is 11.5 Å². The van der Waals surface area contributed by atoms with Crippen molar-refractivity contribution in [3.05, 3.63) is 18.2 Å². The average Bonchev–Trinajstić information content (AvgIpc) is 2.37. The number of aliphatic carboxylic acids is 1. The Kier molecular flexibility index (Phi) is 3.83. The summed E-state index contributed by atoms with van der Waals surface area (Å²) in [6.07, 6.45) is 2.44. The summed E-state index contributed by atoms with van der Waals surface area (Å²) in [6, 6.07) is 5.43. The largest absolute Gasteiger partial charge is 0.497 e. The van der Waals surface area contributed by atoms with Gasteiger partial charge in [0.1, 0.15) is 11.5 Å². The van der Waals surface area contributed by atoms with Crippen LogP contribution in [0.4, 0.5) is 5.69 Å². The number of carboxylic acids is 1. The SMILES string of the molecule is COc1ccc(NCC2(C(=O)O)CCC2)c(OC)c1. The topological polar surface area (TPSA) is 67.8 Å². The van der Waals surface area contributed by atoms with Crippen LogP contribution in [0.15, 0.2) is 18.2 Å². The molecule has 0 unspecified atom stereocenters. The molecule has 5 heteroatoms. The number of hydrogen-bond donors (Lipinski definition) is 2. The van der Waals surface area contributed by atoms with Crippen molar-refractivity contribution in [2.75, 3.05) is 26.1 Å². The monoisotopic (exact) mass is 265 g/mol. The van der Waals surface area contributed by atoms with E-state index in [2.05, 4.69) is 5.32 Å². The lowest BCUT2D eigenvalue weighted by Crippen LogP contribution is -2.43. The molecule has 19 heavy (non-hydrogen) atoms. The molecule has 2 N–H and O–H groups in total. The molecule has 1 saturated carbocycles. The fourth-order valence-corrected chi connectivity index (χ4v) is 2.28. The van der Waals surface area contributed by atoms with Gasteiger partial charge >= 0.3 is 5.97 Å². The van der Waals surface area contributed by atoms with Gasteiger partial charge in [-0.2, -0.15) is 0 Å². The smallest absolute Gasteiger partial charge is 0.311 e. The molecule has 0 aromatic heterocycles. The van der Waals surface area contributed by atoms with E-state index >= 15 is 0 Å². The third kappa shape index (κ3) is 2.59. The lowest BCUT2D eigenvalue weighted by Gasteiger charge is -2.38. The Labute approximate surface area is 112 Å². The first-order valence-electron chi connectivity index (χ1n) is 6.30. The number of ether oxygens (including phenoxy) is 2. The number of rotatable bonds is 6. The predicted octanol–water partition coefficient (Wildman–Crippen LogP) is 2.37. The molecule has 0 bridgehead atoms. The average molecular weight is 265 g/mol. The molecule has 0 saturated heterocycles. The fourth-order valence-electron chi connectivity index (χ4n) is 2.28. The van der Waals surface area contributed by atoms with E-state index < -0.39 is 11.4 Å². The molecule has 0 heterocycles. The molecule has 0 atom stereocenters. The van der Waals surface area contributed by atoms with Crippen molar-refractivity contribution in [1.82, 2.24) is 0 Å². The summed E-state index contributed by atoms with van der Waals surface area (Å²) in [5.74, 6) is 0.636. The molecule has 2 rings (SSSR count). The lowest BCUT2D eigenvalue weighted by molar-refractivity contribution is -0.153. The van der Waals surface area contributed by atoms with Crippen LogP contribution in [0, 0.1) is 5.41 Å². The van der Waals surface area contributed by atoms with Gasteiger partial charge in [0.2, 0.25) is 0 Å². The maximum Gasteiger partial charge on any atom is 0.311 e. The van der Waals surface area contributed by atoms with Gasteiger partial charge in [-0.25, -0.2) is 0 Å². The summed E-state index contributed by atoms with van der Waals surface area (Å²) in [5, 5.41) is 12.5. The normalized spacial score (nSPS) is 16.3. The van der Waals surface area contributed by atoms with Gasteiger partial charge in [0.05, 0.1) is 25.3 Å². The molecule has 5 nitrogen and oxygen atoms in total. The van der Waals surface area contributed by atoms with Crippen LogP contribution in [0.1, 0.15) is 19.3 Å². The fraction of sp³-hybridized carbons (Fsp3) is 0.500. The van der Waals surface area contributed by atoms with E-state index in [-0.39, 0.29) is 0 Å². The number of carbonyl (C=O) groups is 1.